The molecule has 0 fully saturated rings. The van der Waals surface area contributed by atoms with Crippen LogP contribution >= 0.6 is 0 Å². The molecule has 0 atom stereocenters. The number of ether oxygens (including phenoxy) is 2. The molecule has 1 heterocycles. The lowest BCUT2D eigenvalue weighted by Gasteiger charge is -2.00. The highest BCUT2D eigenvalue weighted by Gasteiger charge is 2.19. The van der Waals surface area contributed by atoms with Crippen LogP contribution in [0, 0.1) is 0 Å². The summed E-state index contributed by atoms with van der Waals surface area (Å²) >= 11 is 0. The molecule has 0 amide bonds. The van der Waals surface area contributed by atoms with Crippen molar-refractivity contribution in [3.8, 4) is 17.2 Å². The Morgan fingerprint density at radius 1 is 1.36 bits per heavy atom. The standard InChI is InChI=1S/C9H10O2/c1-2-5-10-7-3-4-8-9(6-7)11-8/h3-4,6H,2,5H2,1H3. The van der Waals surface area contributed by atoms with Crippen LogP contribution in [-0.2, 0) is 0 Å². The molecule has 0 saturated carbocycles. The van der Waals surface area contributed by atoms with E-state index >= 15 is 0 Å². The van der Waals surface area contributed by atoms with Gasteiger partial charge in [-0.2, -0.15) is 0 Å². The smallest absolute Gasteiger partial charge is 0.173 e. The van der Waals surface area contributed by atoms with Gasteiger partial charge in [-0.25, -0.2) is 0 Å². The van der Waals surface area contributed by atoms with Gasteiger partial charge in [0.2, 0.25) is 0 Å². The first-order valence-electron chi connectivity index (χ1n) is 3.85. The van der Waals surface area contributed by atoms with Crippen molar-refractivity contribution in [1.82, 2.24) is 0 Å². The summed E-state index contributed by atoms with van der Waals surface area (Å²) in [6.07, 6.45) is 1.04. The minimum atomic E-state index is 0.777. The highest BCUT2D eigenvalue weighted by molar-refractivity contribution is 5.57. The fourth-order valence-corrected chi connectivity index (χ4v) is 0.955. The predicted molar refractivity (Wildman–Crippen MR) is 42.3 cm³/mol. The van der Waals surface area contributed by atoms with Gasteiger partial charge >= 0.3 is 0 Å². The Morgan fingerprint density at radius 2 is 2.27 bits per heavy atom. The number of rotatable bonds is 3. The van der Waals surface area contributed by atoms with E-state index in [0.717, 1.165) is 30.3 Å². The molecule has 0 radical (unpaired) electrons. The summed E-state index contributed by atoms with van der Waals surface area (Å²) in [5.74, 6) is 2.84. The van der Waals surface area contributed by atoms with Crippen LogP contribution in [0.15, 0.2) is 18.2 Å². The molecular formula is C9H10O2. The first-order valence-corrected chi connectivity index (χ1v) is 3.85. The lowest BCUT2D eigenvalue weighted by Crippen LogP contribution is -1.93. The largest absolute Gasteiger partial charge is 0.493 e. The van der Waals surface area contributed by atoms with Gasteiger partial charge in [0.05, 0.1) is 6.61 Å². The molecule has 2 nitrogen and oxygen atoms in total. The van der Waals surface area contributed by atoms with Crippen molar-refractivity contribution >= 4 is 0 Å². The molecule has 11 heavy (non-hydrogen) atoms. The van der Waals surface area contributed by atoms with Crippen LogP contribution < -0.4 is 9.47 Å². The number of hydrogen-bond donors (Lipinski definition) is 0. The topological polar surface area (TPSA) is 21.8 Å². The van der Waals surface area contributed by atoms with Crippen LogP contribution in [0.3, 0.4) is 0 Å². The minimum absolute atomic E-state index is 0.777. The van der Waals surface area contributed by atoms with E-state index in [-0.39, 0.29) is 0 Å². The van der Waals surface area contributed by atoms with Gasteiger partial charge in [0.1, 0.15) is 5.75 Å². The molecule has 1 aliphatic heterocycles. The monoisotopic (exact) mass is 150 g/mol. The highest BCUT2D eigenvalue weighted by atomic mass is 16.6. The maximum absolute atomic E-state index is 5.39. The molecule has 2 rings (SSSR count). The molecule has 58 valence electrons. The summed E-state index contributed by atoms with van der Waals surface area (Å²) in [6, 6.07) is 5.78. The van der Waals surface area contributed by atoms with Crippen molar-refractivity contribution in [2.45, 2.75) is 13.3 Å². The molecule has 0 spiro atoms. The first kappa shape index (κ1) is 6.53. The summed E-state index contributed by atoms with van der Waals surface area (Å²) in [4.78, 5) is 0. The van der Waals surface area contributed by atoms with E-state index in [2.05, 4.69) is 6.92 Å². The fraction of sp³-hybridized carbons (Fsp3) is 0.333. The Labute approximate surface area is 65.7 Å². The molecule has 0 N–H and O–H groups in total. The quantitative estimate of drug-likeness (QED) is 0.627. The van der Waals surface area contributed by atoms with Gasteiger partial charge in [-0.3, -0.25) is 0 Å². The van der Waals surface area contributed by atoms with Gasteiger partial charge in [-0.05, 0) is 18.6 Å². The summed E-state index contributed by atoms with van der Waals surface area (Å²) in [5.41, 5.74) is 0. The van der Waals surface area contributed by atoms with Gasteiger partial charge in [0.25, 0.3) is 0 Å². The molecule has 0 aromatic heterocycles. The van der Waals surface area contributed by atoms with Crippen molar-refractivity contribution in [3.63, 3.8) is 0 Å². The molecule has 0 unspecified atom stereocenters. The summed E-state index contributed by atoms with van der Waals surface area (Å²) in [5, 5.41) is 0. The van der Waals surface area contributed by atoms with Crippen LogP contribution in [0.2, 0.25) is 0 Å². The van der Waals surface area contributed by atoms with E-state index in [1.54, 1.807) is 0 Å². The molecule has 0 bridgehead atoms. The second-order valence-corrected chi connectivity index (χ2v) is 2.56. The van der Waals surface area contributed by atoms with Gasteiger partial charge in [0, 0.05) is 6.07 Å². The van der Waals surface area contributed by atoms with Gasteiger partial charge in [-0.1, -0.05) is 6.92 Å². The molecule has 1 aromatic rings. The van der Waals surface area contributed by atoms with Crippen molar-refractivity contribution in [2.24, 2.45) is 0 Å². The summed E-state index contributed by atoms with van der Waals surface area (Å²) < 4.78 is 10.5. The number of hydrogen-bond acceptors (Lipinski definition) is 2. The summed E-state index contributed by atoms with van der Waals surface area (Å²) in [6.45, 7) is 2.87. The number of benzene rings is 1. The number of fused-ring (bicyclic) bond motifs is 1. The third-order valence-electron chi connectivity index (χ3n) is 1.57. The van der Waals surface area contributed by atoms with Crippen molar-refractivity contribution in [3.05, 3.63) is 18.2 Å². The zero-order valence-electron chi connectivity index (χ0n) is 6.46. The normalized spacial score (nSPS) is 11.7. The Balaban J connectivity index is 2.03. The van der Waals surface area contributed by atoms with E-state index in [1.165, 1.54) is 0 Å². The fourth-order valence-electron chi connectivity index (χ4n) is 0.955. The summed E-state index contributed by atoms with van der Waals surface area (Å²) in [7, 11) is 0. The lowest BCUT2D eigenvalue weighted by molar-refractivity contribution is 0.317. The zero-order chi connectivity index (χ0) is 7.68. The minimum Gasteiger partial charge on any atom is -0.493 e. The predicted octanol–water partition coefficient (Wildman–Crippen LogP) is 2.58. The third kappa shape index (κ3) is 1.29. The van der Waals surface area contributed by atoms with Crippen molar-refractivity contribution in [1.29, 1.82) is 0 Å². The van der Waals surface area contributed by atoms with Crippen LogP contribution in [0.1, 0.15) is 13.3 Å². The van der Waals surface area contributed by atoms with Gasteiger partial charge < -0.3 is 9.47 Å². The van der Waals surface area contributed by atoms with Crippen LogP contribution in [0.4, 0.5) is 0 Å². The second-order valence-electron chi connectivity index (χ2n) is 2.56. The van der Waals surface area contributed by atoms with Gasteiger partial charge in [0.15, 0.2) is 11.5 Å². The van der Waals surface area contributed by atoms with Gasteiger partial charge in [-0.15, -0.1) is 0 Å². The Kier molecular flexibility index (Phi) is 1.46. The van der Waals surface area contributed by atoms with E-state index in [0.29, 0.717) is 0 Å². The highest BCUT2D eigenvalue weighted by Crippen LogP contribution is 2.46. The molecule has 1 aliphatic rings. The molecule has 0 aliphatic carbocycles. The average molecular weight is 150 g/mol. The SMILES string of the molecule is CCCOc1ccc2c(c1)O2. The first-order chi connectivity index (χ1) is 5.40. The Bertz CT molecular complexity index is 268. The molecule has 2 heteroatoms. The van der Waals surface area contributed by atoms with E-state index in [4.69, 9.17) is 9.47 Å². The molecular weight excluding hydrogens is 140 g/mol. The van der Waals surface area contributed by atoms with Crippen LogP contribution in [0.5, 0.6) is 17.2 Å². The van der Waals surface area contributed by atoms with E-state index < -0.39 is 0 Å². The van der Waals surface area contributed by atoms with E-state index in [1.807, 2.05) is 18.2 Å². The molecule has 0 saturated heterocycles. The maximum Gasteiger partial charge on any atom is 0.173 e. The van der Waals surface area contributed by atoms with Crippen molar-refractivity contribution < 1.29 is 9.47 Å². The van der Waals surface area contributed by atoms with E-state index in [9.17, 15) is 0 Å². The average Bonchev–Trinajstić information content (AvgIpc) is 2.78. The molecule has 1 aromatic carbocycles. The maximum atomic E-state index is 5.39. The zero-order valence-corrected chi connectivity index (χ0v) is 6.46. The Morgan fingerprint density at radius 3 is 3.00 bits per heavy atom. The third-order valence-corrected chi connectivity index (χ3v) is 1.57. The van der Waals surface area contributed by atoms with Crippen molar-refractivity contribution in [2.75, 3.05) is 6.61 Å². The van der Waals surface area contributed by atoms with Crippen LogP contribution in [-0.4, -0.2) is 6.61 Å². The second kappa shape index (κ2) is 2.46. The van der Waals surface area contributed by atoms with Crippen LogP contribution in [0.25, 0.3) is 0 Å². The Hall–Kier alpha value is -1.18. The lowest BCUT2D eigenvalue weighted by atomic mass is 10.3.